The van der Waals surface area contributed by atoms with E-state index in [1.54, 1.807) is 7.11 Å². The van der Waals surface area contributed by atoms with E-state index in [1.165, 1.54) is 5.69 Å². The van der Waals surface area contributed by atoms with E-state index in [0.717, 1.165) is 23.8 Å². The topological polar surface area (TPSA) is 43.2 Å². The number of aromatic nitrogens is 3. The van der Waals surface area contributed by atoms with E-state index in [0.29, 0.717) is 6.61 Å². The van der Waals surface area contributed by atoms with E-state index in [2.05, 4.69) is 46.2 Å². The van der Waals surface area contributed by atoms with Crippen LogP contribution in [0.2, 0.25) is 0 Å². The fraction of sp³-hybridized carbons (Fsp3) is 0.429. The molecule has 0 atom stereocenters. The summed E-state index contributed by atoms with van der Waals surface area (Å²) >= 11 is 0. The first-order chi connectivity index (χ1) is 9.15. The van der Waals surface area contributed by atoms with Gasteiger partial charge in [-0.15, -0.1) is 0 Å². The maximum atomic E-state index is 5.08. The van der Waals surface area contributed by atoms with Crippen LogP contribution in [0.4, 0.5) is 5.69 Å². The van der Waals surface area contributed by atoms with Crippen molar-refractivity contribution in [1.29, 1.82) is 0 Å². The van der Waals surface area contributed by atoms with E-state index in [9.17, 15) is 0 Å². The molecule has 19 heavy (non-hydrogen) atoms. The fourth-order valence-corrected chi connectivity index (χ4v) is 1.92. The predicted molar refractivity (Wildman–Crippen MR) is 76.2 cm³/mol. The summed E-state index contributed by atoms with van der Waals surface area (Å²) in [7, 11) is 5.71. The first-order valence-corrected chi connectivity index (χ1v) is 6.36. The van der Waals surface area contributed by atoms with E-state index < -0.39 is 0 Å². The number of methoxy groups -OCH3 is 1. The molecule has 0 spiro atoms. The Hall–Kier alpha value is -1.88. The van der Waals surface area contributed by atoms with Crippen molar-refractivity contribution in [3.63, 3.8) is 0 Å². The molecule has 0 aliphatic rings. The average Bonchev–Trinajstić information content (AvgIpc) is 2.82. The standard InChI is InChI=1S/C14H20N4O/c1-5-18-14(15-13(16-18)10-19-4)11-6-8-12(9-7-11)17(2)3/h6-9H,5,10H2,1-4H3. The first-order valence-electron chi connectivity index (χ1n) is 6.36. The molecule has 1 aromatic carbocycles. The number of benzene rings is 1. The van der Waals surface area contributed by atoms with Gasteiger partial charge in [-0.1, -0.05) is 0 Å². The smallest absolute Gasteiger partial charge is 0.176 e. The molecular formula is C14H20N4O. The third kappa shape index (κ3) is 2.93. The highest BCUT2D eigenvalue weighted by atomic mass is 16.5. The average molecular weight is 260 g/mol. The van der Waals surface area contributed by atoms with E-state index in [1.807, 2.05) is 18.8 Å². The Morgan fingerprint density at radius 2 is 1.89 bits per heavy atom. The minimum absolute atomic E-state index is 0.440. The van der Waals surface area contributed by atoms with Gasteiger partial charge in [0.1, 0.15) is 6.61 Å². The zero-order chi connectivity index (χ0) is 13.8. The van der Waals surface area contributed by atoms with Crippen LogP contribution in [-0.2, 0) is 17.9 Å². The summed E-state index contributed by atoms with van der Waals surface area (Å²) in [5.41, 5.74) is 2.24. The Morgan fingerprint density at radius 1 is 1.21 bits per heavy atom. The summed E-state index contributed by atoms with van der Waals surface area (Å²) in [5, 5.41) is 4.42. The molecule has 2 rings (SSSR count). The SMILES string of the molecule is CCn1nc(COC)nc1-c1ccc(N(C)C)cc1. The monoisotopic (exact) mass is 260 g/mol. The second kappa shape index (κ2) is 5.84. The molecule has 102 valence electrons. The Morgan fingerprint density at radius 3 is 2.42 bits per heavy atom. The Kier molecular flexibility index (Phi) is 4.16. The van der Waals surface area contributed by atoms with Crippen LogP contribution in [0.15, 0.2) is 24.3 Å². The maximum absolute atomic E-state index is 5.08. The lowest BCUT2D eigenvalue weighted by atomic mass is 10.2. The quantitative estimate of drug-likeness (QED) is 0.826. The second-order valence-corrected chi connectivity index (χ2v) is 4.54. The van der Waals surface area contributed by atoms with Gasteiger partial charge in [-0.3, -0.25) is 0 Å². The Labute approximate surface area is 113 Å². The van der Waals surface area contributed by atoms with Crippen LogP contribution in [-0.4, -0.2) is 36.0 Å². The van der Waals surface area contributed by atoms with Crippen LogP contribution in [0.1, 0.15) is 12.7 Å². The molecule has 5 nitrogen and oxygen atoms in total. The molecule has 0 aliphatic heterocycles. The molecule has 1 heterocycles. The van der Waals surface area contributed by atoms with Crippen molar-refractivity contribution in [2.24, 2.45) is 0 Å². The van der Waals surface area contributed by atoms with Crippen LogP contribution in [0.5, 0.6) is 0 Å². The van der Waals surface area contributed by atoms with Crippen molar-refractivity contribution in [2.75, 3.05) is 26.1 Å². The third-order valence-corrected chi connectivity index (χ3v) is 2.93. The summed E-state index contributed by atoms with van der Waals surface area (Å²) in [6.45, 7) is 3.29. The van der Waals surface area contributed by atoms with Gasteiger partial charge in [0.25, 0.3) is 0 Å². The molecular weight excluding hydrogens is 240 g/mol. The number of ether oxygens (including phenoxy) is 1. The molecule has 0 unspecified atom stereocenters. The Balaban J connectivity index is 2.34. The van der Waals surface area contributed by atoms with Crippen molar-refractivity contribution < 1.29 is 4.74 Å². The number of anilines is 1. The zero-order valence-electron chi connectivity index (χ0n) is 11.9. The molecule has 5 heteroatoms. The number of nitrogens with zero attached hydrogens (tertiary/aromatic N) is 4. The normalized spacial score (nSPS) is 10.7. The van der Waals surface area contributed by atoms with Gasteiger partial charge in [0, 0.05) is 39.0 Å². The van der Waals surface area contributed by atoms with Crippen molar-refractivity contribution in [2.45, 2.75) is 20.1 Å². The van der Waals surface area contributed by atoms with Gasteiger partial charge < -0.3 is 9.64 Å². The van der Waals surface area contributed by atoms with Crippen LogP contribution < -0.4 is 4.90 Å². The predicted octanol–water partition coefficient (Wildman–Crippen LogP) is 2.18. The number of rotatable bonds is 5. The number of aryl methyl sites for hydroxylation is 1. The maximum Gasteiger partial charge on any atom is 0.176 e. The summed E-state index contributed by atoms with van der Waals surface area (Å²) < 4.78 is 6.98. The summed E-state index contributed by atoms with van der Waals surface area (Å²) in [6.07, 6.45) is 0. The molecule has 0 bridgehead atoms. The highest BCUT2D eigenvalue weighted by Gasteiger charge is 2.10. The van der Waals surface area contributed by atoms with Gasteiger partial charge in [-0.25, -0.2) is 9.67 Å². The van der Waals surface area contributed by atoms with Gasteiger partial charge in [0.2, 0.25) is 0 Å². The lowest BCUT2D eigenvalue weighted by molar-refractivity contribution is 0.177. The second-order valence-electron chi connectivity index (χ2n) is 4.54. The van der Waals surface area contributed by atoms with E-state index >= 15 is 0 Å². The minimum Gasteiger partial charge on any atom is -0.378 e. The van der Waals surface area contributed by atoms with Crippen LogP contribution in [0.3, 0.4) is 0 Å². The molecule has 0 fully saturated rings. The van der Waals surface area contributed by atoms with E-state index in [4.69, 9.17) is 4.74 Å². The van der Waals surface area contributed by atoms with Crippen molar-refractivity contribution >= 4 is 5.69 Å². The molecule has 0 aliphatic carbocycles. The number of hydrogen-bond donors (Lipinski definition) is 0. The highest BCUT2D eigenvalue weighted by molar-refractivity contribution is 5.60. The highest BCUT2D eigenvalue weighted by Crippen LogP contribution is 2.21. The molecule has 0 saturated heterocycles. The molecule has 0 amide bonds. The molecule has 1 aromatic heterocycles. The molecule has 0 saturated carbocycles. The Bertz CT molecular complexity index is 531. The summed E-state index contributed by atoms with van der Waals surface area (Å²) in [6, 6.07) is 8.31. The van der Waals surface area contributed by atoms with Crippen LogP contribution in [0.25, 0.3) is 11.4 Å². The van der Waals surface area contributed by atoms with Gasteiger partial charge in [-0.2, -0.15) is 5.10 Å². The minimum atomic E-state index is 0.440. The van der Waals surface area contributed by atoms with E-state index in [-0.39, 0.29) is 0 Å². The van der Waals surface area contributed by atoms with Gasteiger partial charge >= 0.3 is 0 Å². The van der Waals surface area contributed by atoms with Crippen LogP contribution in [0, 0.1) is 0 Å². The molecule has 2 aromatic rings. The molecule has 0 N–H and O–H groups in total. The van der Waals surface area contributed by atoms with Crippen molar-refractivity contribution in [3.05, 3.63) is 30.1 Å². The van der Waals surface area contributed by atoms with Crippen molar-refractivity contribution in [3.8, 4) is 11.4 Å². The molecule has 0 radical (unpaired) electrons. The zero-order valence-corrected chi connectivity index (χ0v) is 11.9. The van der Waals surface area contributed by atoms with Crippen LogP contribution >= 0.6 is 0 Å². The first kappa shape index (κ1) is 13.5. The fourth-order valence-electron chi connectivity index (χ4n) is 1.92. The van der Waals surface area contributed by atoms with Gasteiger partial charge in [-0.05, 0) is 31.2 Å². The largest absolute Gasteiger partial charge is 0.378 e. The van der Waals surface area contributed by atoms with Gasteiger partial charge in [0.05, 0.1) is 0 Å². The summed E-state index contributed by atoms with van der Waals surface area (Å²) in [4.78, 5) is 6.60. The van der Waals surface area contributed by atoms with Crippen molar-refractivity contribution in [1.82, 2.24) is 14.8 Å². The third-order valence-electron chi connectivity index (χ3n) is 2.93. The summed E-state index contributed by atoms with van der Waals surface area (Å²) in [5.74, 6) is 1.61. The number of hydrogen-bond acceptors (Lipinski definition) is 4. The lowest BCUT2D eigenvalue weighted by Gasteiger charge is -2.12. The lowest BCUT2D eigenvalue weighted by Crippen LogP contribution is -2.08. The van der Waals surface area contributed by atoms with Gasteiger partial charge in [0.15, 0.2) is 11.6 Å².